The van der Waals surface area contributed by atoms with Crippen molar-refractivity contribution in [1.82, 2.24) is 20.2 Å². The second-order valence-corrected chi connectivity index (χ2v) is 5.64. The molecule has 0 saturated heterocycles. The zero-order valence-electron chi connectivity index (χ0n) is 11.5. The van der Waals surface area contributed by atoms with Crippen molar-refractivity contribution in [3.8, 4) is 0 Å². The van der Waals surface area contributed by atoms with E-state index < -0.39 is 0 Å². The minimum absolute atomic E-state index is 0.0110. The molecule has 1 saturated carbocycles. The molecule has 0 spiro atoms. The topological polar surface area (TPSA) is 100 Å². The fourth-order valence-corrected chi connectivity index (χ4v) is 3.27. The summed E-state index contributed by atoms with van der Waals surface area (Å²) in [5.41, 5.74) is 8.23. The van der Waals surface area contributed by atoms with E-state index in [1.54, 1.807) is 6.20 Å². The first-order valence-corrected chi connectivity index (χ1v) is 7.18. The Morgan fingerprint density at radius 2 is 2.14 bits per heavy atom. The summed E-state index contributed by atoms with van der Waals surface area (Å²) in [7, 11) is 0. The van der Waals surface area contributed by atoms with Gasteiger partial charge in [0.1, 0.15) is 11.2 Å². The standard InChI is InChI=1S/C15H16N5O/c16-14(21)9-3-1-8(2-4-9)13-12-10-5-6-17-15(10)18-7-11(12)19-20-13/h5-7,9H,1-4H2,(H2,16,21)(H,17,18)(H,19,20). The van der Waals surface area contributed by atoms with E-state index in [4.69, 9.17) is 5.73 Å². The highest BCUT2D eigenvalue weighted by Crippen LogP contribution is 2.38. The van der Waals surface area contributed by atoms with Crippen LogP contribution in [0.1, 0.15) is 31.4 Å². The number of carbonyl (C=O) groups is 1. The zero-order valence-corrected chi connectivity index (χ0v) is 11.5. The molecule has 3 aromatic heterocycles. The smallest absolute Gasteiger partial charge is 0.220 e. The van der Waals surface area contributed by atoms with Crippen molar-refractivity contribution in [2.24, 2.45) is 11.7 Å². The first kappa shape index (κ1) is 12.4. The van der Waals surface area contributed by atoms with E-state index in [9.17, 15) is 4.79 Å². The summed E-state index contributed by atoms with van der Waals surface area (Å²) in [6, 6.07) is 2.03. The van der Waals surface area contributed by atoms with Crippen LogP contribution in [0.25, 0.3) is 21.9 Å². The van der Waals surface area contributed by atoms with Crippen molar-refractivity contribution in [2.75, 3.05) is 0 Å². The molecule has 0 unspecified atom stereocenters. The number of pyridine rings is 1. The highest BCUT2D eigenvalue weighted by Gasteiger charge is 2.28. The molecule has 21 heavy (non-hydrogen) atoms. The average Bonchev–Trinajstić information content (AvgIpc) is 3.13. The maximum atomic E-state index is 11.3. The van der Waals surface area contributed by atoms with Crippen LogP contribution in [0.5, 0.6) is 0 Å². The molecular weight excluding hydrogens is 266 g/mol. The van der Waals surface area contributed by atoms with Crippen LogP contribution < -0.4 is 5.73 Å². The highest BCUT2D eigenvalue weighted by molar-refractivity contribution is 6.05. The Morgan fingerprint density at radius 1 is 1.33 bits per heavy atom. The average molecular weight is 282 g/mol. The summed E-state index contributed by atoms with van der Waals surface area (Å²) in [5.74, 6) is 1.15. The van der Waals surface area contributed by atoms with Crippen molar-refractivity contribution in [2.45, 2.75) is 25.7 Å². The summed E-state index contributed by atoms with van der Waals surface area (Å²) in [4.78, 5) is 18.8. The van der Waals surface area contributed by atoms with Gasteiger partial charge in [-0.2, -0.15) is 5.10 Å². The number of nitrogens with zero attached hydrogens (tertiary/aromatic N) is 2. The maximum Gasteiger partial charge on any atom is 0.220 e. The van der Waals surface area contributed by atoms with Gasteiger partial charge in [0, 0.05) is 28.8 Å². The Balaban J connectivity index is 1.74. The van der Waals surface area contributed by atoms with E-state index in [-0.39, 0.29) is 11.8 Å². The Morgan fingerprint density at radius 3 is 2.90 bits per heavy atom. The lowest BCUT2D eigenvalue weighted by atomic mass is 9.79. The van der Waals surface area contributed by atoms with Crippen LogP contribution >= 0.6 is 0 Å². The fraction of sp³-hybridized carbons (Fsp3) is 0.333. The number of carbonyl (C=O) groups excluding carboxylic acids is 1. The third kappa shape index (κ3) is 1.90. The summed E-state index contributed by atoms with van der Waals surface area (Å²) in [6.45, 7) is 0. The molecule has 3 aromatic rings. The molecule has 6 heteroatoms. The van der Waals surface area contributed by atoms with Gasteiger partial charge in [-0.05, 0) is 31.7 Å². The van der Waals surface area contributed by atoms with Crippen LogP contribution in [0.15, 0.2) is 18.5 Å². The summed E-state index contributed by atoms with van der Waals surface area (Å²) in [6.07, 6.45) is 7.10. The van der Waals surface area contributed by atoms with E-state index in [1.807, 2.05) is 12.3 Å². The molecule has 0 atom stereocenters. The zero-order chi connectivity index (χ0) is 14.4. The minimum Gasteiger partial charge on any atom is -0.369 e. The Kier molecular flexibility index (Phi) is 2.70. The SMILES string of the molecule is NC(=O)C1CC[C](c2[nH]nc3cnc4[nH]ccc4c23)CC1. The van der Waals surface area contributed by atoms with Gasteiger partial charge in [0.25, 0.3) is 0 Å². The molecule has 6 nitrogen and oxygen atoms in total. The fourth-order valence-electron chi connectivity index (χ4n) is 3.27. The second kappa shape index (κ2) is 4.58. The molecule has 0 aromatic carbocycles. The van der Waals surface area contributed by atoms with Gasteiger partial charge in [0.2, 0.25) is 5.91 Å². The van der Waals surface area contributed by atoms with Gasteiger partial charge in [-0.15, -0.1) is 0 Å². The number of fused-ring (bicyclic) bond motifs is 3. The number of H-pyrrole nitrogens is 2. The van der Waals surface area contributed by atoms with Crippen LogP contribution in [0.3, 0.4) is 0 Å². The summed E-state index contributed by atoms with van der Waals surface area (Å²) in [5, 5.41) is 9.72. The molecule has 0 aliphatic heterocycles. The molecule has 1 amide bonds. The highest BCUT2D eigenvalue weighted by atomic mass is 16.1. The monoisotopic (exact) mass is 282 g/mol. The molecule has 1 radical (unpaired) electrons. The van der Waals surface area contributed by atoms with Crippen LogP contribution in [-0.2, 0) is 4.79 Å². The van der Waals surface area contributed by atoms with Crippen molar-refractivity contribution in [1.29, 1.82) is 0 Å². The Bertz CT molecular complexity index is 810. The number of amides is 1. The number of hydrogen-bond acceptors (Lipinski definition) is 3. The minimum atomic E-state index is -0.180. The van der Waals surface area contributed by atoms with Crippen molar-refractivity contribution >= 4 is 27.8 Å². The lowest BCUT2D eigenvalue weighted by Gasteiger charge is -2.25. The lowest BCUT2D eigenvalue weighted by molar-refractivity contribution is -0.122. The van der Waals surface area contributed by atoms with Crippen LogP contribution in [0, 0.1) is 11.8 Å². The molecular formula is C15H16N5O. The van der Waals surface area contributed by atoms with Crippen LogP contribution in [0.4, 0.5) is 0 Å². The number of primary amides is 1. The van der Waals surface area contributed by atoms with E-state index in [1.165, 1.54) is 5.92 Å². The van der Waals surface area contributed by atoms with E-state index >= 15 is 0 Å². The van der Waals surface area contributed by atoms with Gasteiger partial charge >= 0.3 is 0 Å². The van der Waals surface area contributed by atoms with Gasteiger partial charge in [-0.1, -0.05) is 0 Å². The number of hydrogen-bond donors (Lipinski definition) is 3. The molecule has 1 aliphatic rings. The Labute approximate surface area is 121 Å². The number of nitrogens with two attached hydrogens (primary N) is 1. The second-order valence-electron chi connectivity index (χ2n) is 5.64. The largest absolute Gasteiger partial charge is 0.369 e. The quantitative estimate of drug-likeness (QED) is 0.670. The molecule has 3 heterocycles. The molecule has 4 N–H and O–H groups in total. The summed E-state index contributed by atoms with van der Waals surface area (Å²) < 4.78 is 0. The van der Waals surface area contributed by atoms with Gasteiger partial charge in [0.05, 0.1) is 11.9 Å². The van der Waals surface area contributed by atoms with Gasteiger partial charge in [-0.25, -0.2) is 4.98 Å². The third-order valence-electron chi connectivity index (χ3n) is 4.45. The van der Waals surface area contributed by atoms with Crippen molar-refractivity contribution in [3.05, 3.63) is 30.1 Å². The number of aromatic nitrogens is 4. The predicted octanol–water partition coefficient (Wildman–Crippen LogP) is 2.04. The number of rotatable bonds is 2. The predicted molar refractivity (Wildman–Crippen MR) is 79.2 cm³/mol. The number of aromatic amines is 2. The third-order valence-corrected chi connectivity index (χ3v) is 4.45. The molecule has 4 rings (SSSR count). The molecule has 107 valence electrons. The molecule has 0 bridgehead atoms. The van der Waals surface area contributed by atoms with Crippen LogP contribution in [-0.4, -0.2) is 26.1 Å². The lowest BCUT2D eigenvalue weighted by Crippen LogP contribution is -2.27. The first-order valence-electron chi connectivity index (χ1n) is 7.18. The van der Waals surface area contributed by atoms with Crippen molar-refractivity contribution < 1.29 is 4.79 Å². The molecule has 1 fully saturated rings. The number of nitrogens with one attached hydrogen (secondary N) is 2. The van der Waals surface area contributed by atoms with Gasteiger partial charge in [0.15, 0.2) is 0 Å². The van der Waals surface area contributed by atoms with E-state index in [2.05, 4.69) is 20.2 Å². The van der Waals surface area contributed by atoms with Gasteiger partial charge < -0.3 is 10.7 Å². The van der Waals surface area contributed by atoms with Gasteiger partial charge in [-0.3, -0.25) is 9.89 Å². The maximum absolute atomic E-state index is 11.3. The Hall–Kier alpha value is -2.37. The van der Waals surface area contributed by atoms with E-state index in [0.717, 1.165) is 53.3 Å². The van der Waals surface area contributed by atoms with Crippen molar-refractivity contribution in [3.63, 3.8) is 0 Å². The van der Waals surface area contributed by atoms with E-state index in [0.29, 0.717) is 0 Å². The van der Waals surface area contributed by atoms with Crippen LogP contribution in [0.2, 0.25) is 0 Å². The first-order chi connectivity index (χ1) is 10.2. The molecule has 1 aliphatic carbocycles. The summed E-state index contributed by atoms with van der Waals surface area (Å²) >= 11 is 0. The normalized spacial score (nSPS) is 17.7.